The van der Waals surface area contributed by atoms with Gasteiger partial charge in [-0.1, -0.05) is 59.7 Å². The Labute approximate surface area is 236 Å². The summed E-state index contributed by atoms with van der Waals surface area (Å²) in [4.78, 5) is 0.937. The van der Waals surface area contributed by atoms with E-state index < -0.39 is 0 Å². The molecule has 0 aliphatic carbocycles. The molecule has 5 heteroatoms. The molecule has 6 rings (SSSR count). The number of hydrogen-bond donors (Lipinski definition) is 0. The van der Waals surface area contributed by atoms with E-state index in [0.717, 1.165) is 10.6 Å². The molecule has 0 unspecified atom stereocenters. The first-order chi connectivity index (χ1) is 18.5. The Morgan fingerprint density at radius 1 is 0.692 bits per heavy atom. The van der Waals surface area contributed by atoms with Gasteiger partial charge in [-0.25, -0.2) is 0 Å². The number of allylic oxidation sites excluding steroid dienone is 1. The van der Waals surface area contributed by atoms with Gasteiger partial charge in [-0.05, 0) is 70.5 Å². The minimum Gasteiger partial charge on any atom is -0.309 e. The second-order valence-electron chi connectivity index (χ2n) is 12.2. The molecule has 0 radical (unpaired) electrons. The monoisotopic (exact) mass is 543 g/mol. The van der Waals surface area contributed by atoms with Crippen molar-refractivity contribution >= 4 is 70.0 Å². The molecule has 39 heavy (non-hydrogen) atoms. The molecule has 0 bridgehead atoms. The van der Waals surface area contributed by atoms with Crippen LogP contribution in [0.5, 0.6) is 0 Å². The third-order valence-corrected chi connectivity index (χ3v) is 9.77. The van der Waals surface area contributed by atoms with Gasteiger partial charge in [0.1, 0.15) is 17.7 Å². The van der Waals surface area contributed by atoms with E-state index in [1.165, 1.54) is 52.4 Å². The molecule has 0 saturated carbocycles. The maximum absolute atomic E-state index is 9.13. The molecule has 0 spiro atoms. The van der Waals surface area contributed by atoms with E-state index in [9.17, 15) is 0 Å². The smallest absolute Gasteiger partial charge is 0.131 e. The number of benzene rings is 3. The van der Waals surface area contributed by atoms with Gasteiger partial charge in [0, 0.05) is 36.1 Å². The number of nitriles is 2. The molecule has 0 saturated heterocycles. The summed E-state index contributed by atoms with van der Waals surface area (Å²) < 4.78 is 6.02. The second-order valence-corrected chi connectivity index (χ2v) is 14.4. The summed E-state index contributed by atoms with van der Waals surface area (Å²) in [6.45, 7) is 13.6. The van der Waals surface area contributed by atoms with E-state index in [2.05, 4.69) is 107 Å². The van der Waals surface area contributed by atoms with Crippen LogP contribution in [0.4, 0.5) is 0 Å². The lowest BCUT2D eigenvalue weighted by molar-refractivity contribution is 0.590. The van der Waals surface area contributed by atoms with Crippen LogP contribution in [0, 0.1) is 22.7 Å². The molecule has 0 atom stereocenters. The number of hydrogen-bond acceptors (Lipinski definition) is 4. The summed E-state index contributed by atoms with van der Waals surface area (Å²) in [5.41, 5.74) is 6.53. The van der Waals surface area contributed by atoms with Crippen LogP contribution in [0.1, 0.15) is 57.5 Å². The fraction of sp³-hybridized carbons (Fsp3) is 0.235. The Balaban J connectivity index is 1.57. The highest BCUT2D eigenvalue weighted by Crippen LogP contribution is 2.42. The Bertz CT molecular complexity index is 1960. The van der Waals surface area contributed by atoms with E-state index in [0.29, 0.717) is 0 Å². The predicted octanol–water partition coefficient (Wildman–Crippen LogP) is 10.2. The Morgan fingerprint density at radius 2 is 1.28 bits per heavy atom. The van der Waals surface area contributed by atoms with Crippen molar-refractivity contribution in [2.24, 2.45) is 0 Å². The van der Waals surface area contributed by atoms with Crippen LogP contribution in [0.3, 0.4) is 0 Å². The first-order valence-corrected chi connectivity index (χ1v) is 14.7. The third kappa shape index (κ3) is 4.23. The van der Waals surface area contributed by atoms with Gasteiger partial charge in [-0.15, -0.1) is 22.7 Å². The zero-order chi connectivity index (χ0) is 27.7. The molecular formula is C34H29N3S2. The van der Waals surface area contributed by atoms with Crippen molar-refractivity contribution in [3.63, 3.8) is 0 Å². The molecule has 3 aromatic heterocycles. The molecule has 3 aromatic carbocycles. The van der Waals surface area contributed by atoms with Gasteiger partial charge in [-0.3, -0.25) is 0 Å². The van der Waals surface area contributed by atoms with Gasteiger partial charge >= 0.3 is 0 Å². The quantitative estimate of drug-likeness (QED) is 0.204. The molecule has 0 fully saturated rings. The SMILES string of the molecule is CC(C)(C)c1ccc2c(c1)c1cc(C(C)(C)C)ccc1n2-c1ccc2c(c1)sc1cc(C=C(C#N)C#N)sc12. The summed E-state index contributed by atoms with van der Waals surface area (Å²) in [7, 11) is 0. The average molecular weight is 544 g/mol. The average Bonchev–Trinajstić information content (AvgIpc) is 3.53. The largest absolute Gasteiger partial charge is 0.309 e. The highest BCUT2D eigenvalue weighted by Gasteiger charge is 2.21. The van der Waals surface area contributed by atoms with E-state index in [1.54, 1.807) is 28.7 Å². The van der Waals surface area contributed by atoms with Crippen molar-refractivity contribution in [3.05, 3.63) is 82.2 Å². The van der Waals surface area contributed by atoms with Crippen molar-refractivity contribution in [2.45, 2.75) is 52.4 Å². The fourth-order valence-electron chi connectivity index (χ4n) is 5.23. The highest BCUT2D eigenvalue weighted by molar-refractivity contribution is 7.33. The summed E-state index contributed by atoms with van der Waals surface area (Å²) in [5, 5.41) is 22.1. The molecular weight excluding hydrogens is 515 g/mol. The fourth-order valence-corrected chi connectivity index (χ4v) is 7.75. The minimum atomic E-state index is 0.0706. The molecule has 192 valence electrons. The lowest BCUT2D eigenvalue weighted by Gasteiger charge is -2.19. The van der Waals surface area contributed by atoms with Gasteiger partial charge in [0.25, 0.3) is 0 Å². The second kappa shape index (κ2) is 8.82. The number of thiophene rings is 2. The summed E-state index contributed by atoms with van der Waals surface area (Å²) in [6, 6.07) is 26.6. The molecule has 0 aliphatic rings. The summed E-state index contributed by atoms with van der Waals surface area (Å²) >= 11 is 3.39. The van der Waals surface area contributed by atoms with Crippen molar-refractivity contribution < 1.29 is 0 Å². The van der Waals surface area contributed by atoms with Crippen LogP contribution < -0.4 is 0 Å². The topological polar surface area (TPSA) is 52.5 Å². The van der Waals surface area contributed by atoms with Crippen molar-refractivity contribution in [1.82, 2.24) is 4.57 Å². The number of nitrogens with zero attached hydrogens (tertiary/aromatic N) is 3. The van der Waals surface area contributed by atoms with E-state index in [4.69, 9.17) is 10.5 Å². The van der Waals surface area contributed by atoms with Gasteiger partial charge in [-0.2, -0.15) is 10.5 Å². The van der Waals surface area contributed by atoms with Gasteiger partial charge in [0.15, 0.2) is 0 Å². The van der Waals surface area contributed by atoms with Crippen LogP contribution in [0.25, 0.3) is 53.1 Å². The predicted molar refractivity (Wildman–Crippen MR) is 168 cm³/mol. The summed E-state index contributed by atoms with van der Waals surface area (Å²) in [6.07, 6.45) is 1.67. The normalized spacial score (nSPS) is 12.3. The van der Waals surface area contributed by atoms with E-state index in [1.807, 2.05) is 12.1 Å². The lowest BCUT2D eigenvalue weighted by Crippen LogP contribution is -2.10. The maximum atomic E-state index is 9.13. The number of rotatable bonds is 2. The molecule has 6 aromatic rings. The Kier molecular flexibility index (Phi) is 5.74. The first kappa shape index (κ1) is 25.4. The van der Waals surface area contributed by atoms with E-state index in [-0.39, 0.29) is 16.4 Å². The molecule has 3 nitrogen and oxygen atoms in total. The van der Waals surface area contributed by atoms with Crippen molar-refractivity contribution in [1.29, 1.82) is 10.5 Å². The number of aromatic nitrogens is 1. The van der Waals surface area contributed by atoms with E-state index >= 15 is 0 Å². The molecule has 0 aliphatic heterocycles. The van der Waals surface area contributed by atoms with Crippen LogP contribution in [0.15, 0.2) is 66.2 Å². The van der Waals surface area contributed by atoms with Crippen LogP contribution in [-0.2, 0) is 10.8 Å². The van der Waals surface area contributed by atoms with Gasteiger partial charge in [0.2, 0.25) is 0 Å². The lowest BCUT2D eigenvalue weighted by atomic mass is 9.85. The Hall–Kier alpha value is -3.90. The maximum Gasteiger partial charge on any atom is 0.131 e. The van der Waals surface area contributed by atoms with Crippen molar-refractivity contribution in [3.8, 4) is 17.8 Å². The van der Waals surface area contributed by atoms with Crippen LogP contribution >= 0.6 is 22.7 Å². The third-order valence-electron chi connectivity index (χ3n) is 7.43. The molecule has 0 amide bonds. The number of fused-ring (bicyclic) bond motifs is 6. The highest BCUT2D eigenvalue weighted by atomic mass is 32.1. The van der Waals surface area contributed by atoms with Gasteiger partial charge < -0.3 is 4.57 Å². The minimum absolute atomic E-state index is 0.0706. The zero-order valence-electron chi connectivity index (χ0n) is 23.0. The summed E-state index contributed by atoms with van der Waals surface area (Å²) in [5.74, 6) is 0. The standard InChI is InChI=1S/C34H29N3S2/c1-33(2,3)21-7-11-28-26(14-21)27-15-22(34(4,5)6)8-12-29(27)37(28)23-9-10-25-30(16-23)39-31-17-24(38-32(25)31)13-20(18-35)19-36/h7-17H,1-6H3. The van der Waals surface area contributed by atoms with Gasteiger partial charge in [0.05, 0.1) is 15.7 Å². The van der Waals surface area contributed by atoms with Crippen molar-refractivity contribution in [2.75, 3.05) is 0 Å². The zero-order valence-corrected chi connectivity index (χ0v) is 24.6. The molecule has 0 N–H and O–H groups in total. The first-order valence-electron chi connectivity index (χ1n) is 13.1. The van der Waals surface area contributed by atoms with Crippen LogP contribution in [-0.4, -0.2) is 4.57 Å². The van der Waals surface area contributed by atoms with Crippen LogP contribution in [0.2, 0.25) is 0 Å². The molecule has 3 heterocycles. The Morgan fingerprint density at radius 3 is 1.82 bits per heavy atom.